The molecule has 2 rings (SSSR count). The molecule has 3 nitrogen and oxygen atoms in total. The van der Waals surface area contributed by atoms with E-state index in [1.165, 1.54) is 0 Å². The van der Waals surface area contributed by atoms with Crippen molar-refractivity contribution in [2.45, 2.75) is 0 Å². The minimum atomic E-state index is 0.645. The van der Waals surface area contributed by atoms with Crippen molar-refractivity contribution in [3.8, 4) is 11.3 Å². The van der Waals surface area contributed by atoms with E-state index in [0.29, 0.717) is 11.4 Å². The highest BCUT2D eigenvalue weighted by Gasteiger charge is 2.01. The van der Waals surface area contributed by atoms with Gasteiger partial charge >= 0.3 is 0 Å². The van der Waals surface area contributed by atoms with Crippen molar-refractivity contribution < 1.29 is 4.42 Å². The summed E-state index contributed by atoms with van der Waals surface area (Å²) in [4.78, 5) is 0. The van der Waals surface area contributed by atoms with Crippen LogP contribution in [0.3, 0.4) is 0 Å². The smallest absolute Gasteiger partial charge is 0.133 e. The molecule has 66 valence electrons. The van der Waals surface area contributed by atoms with Crippen LogP contribution in [-0.4, -0.2) is 0 Å². The predicted molar refractivity (Wildman–Crippen MR) is 53.0 cm³/mol. The molecule has 1 heterocycles. The SMILES string of the molecule is Nc1cc(N)cc(-c2ccco2)c1. The highest BCUT2D eigenvalue weighted by Crippen LogP contribution is 2.24. The number of hydrogen-bond donors (Lipinski definition) is 2. The topological polar surface area (TPSA) is 65.2 Å². The zero-order valence-corrected chi connectivity index (χ0v) is 7.03. The first kappa shape index (κ1) is 7.73. The lowest BCUT2D eigenvalue weighted by Gasteiger charge is -2.00. The third kappa shape index (κ3) is 1.49. The molecule has 2 aromatic rings. The van der Waals surface area contributed by atoms with Gasteiger partial charge in [0.05, 0.1) is 6.26 Å². The summed E-state index contributed by atoms with van der Waals surface area (Å²) in [7, 11) is 0. The van der Waals surface area contributed by atoms with E-state index in [9.17, 15) is 0 Å². The summed E-state index contributed by atoms with van der Waals surface area (Å²) in [5.74, 6) is 0.777. The van der Waals surface area contributed by atoms with Crippen LogP contribution in [-0.2, 0) is 0 Å². The van der Waals surface area contributed by atoms with E-state index in [4.69, 9.17) is 15.9 Å². The van der Waals surface area contributed by atoms with Crippen LogP contribution >= 0.6 is 0 Å². The lowest BCUT2D eigenvalue weighted by atomic mass is 10.1. The van der Waals surface area contributed by atoms with Gasteiger partial charge in [-0.25, -0.2) is 0 Å². The quantitative estimate of drug-likeness (QED) is 0.651. The Hall–Kier alpha value is -1.90. The van der Waals surface area contributed by atoms with E-state index in [0.717, 1.165) is 11.3 Å². The summed E-state index contributed by atoms with van der Waals surface area (Å²) in [6, 6.07) is 9.07. The van der Waals surface area contributed by atoms with E-state index in [2.05, 4.69) is 0 Å². The van der Waals surface area contributed by atoms with E-state index in [1.807, 2.05) is 24.3 Å². The highest BCUT2D eigenvalue weighted by atomic mass is 16.3. The summed E-state index contributed by atoms with van der Waals surface area (Å²) >= 11 is 0. The molecule has 0 radical (unpaired) electrons. The van der Waals surface area contributed by atoms with Crippen LogP contribution in [0.15, 0.2) is 41.0 Å². The van der Waals surface area contributed by atoms with E-state index < -0.39 is 0 Å². The average molecular weight is 174 g/mol. The number of furan rings is 1. The van der Waals surface area contributed by atoms with Crippen LogP contribution in [0.4, 0.5) is 11.4 Å². The van der Waals surface area contributed by atoms with Gasteiger partial charge in [-0.15, -0.1) is 0 Å². The molecule has 1 aromatic heterocycles. The van der Waals surface area contributed by atoms with Crippen molar-refractivity contribution in [3.05, 3.63) is 36.6 Å². The van der Waals surface area contributed by atoms with Gasteiger partial charge in [-0.1, -0.05) is 0 Å². The maximum absolute atomic E-state index is 5.64. The molecule has 0 aliphatic rings. The zero-order chi connectivity index (χ0) is 9.26. The average Bonchev–Trinajstić information content (AvgIpc) is 2.53. The van der Waals surface area contributed by atoms with Crippen LogP contribution in [0.5, 0.6) is 0 Å². The zero-order valence-electron chi connectivity index (χ0n) is 7.03. The number of nitrogens with two attached hydrogens (primary N) is 2. The molecule has 0 spiro atoms. The molecular weight excluding hydrogens is 164 g/mol. The van der Waals surface area contributed by atoms with Crippen molar-refractivity contribution in [1.29, 1.82) is 0 Å². The number of nitrogen functional groups attached to an aromatic ring is 2. The molecule has 0 aliphatic heterocycles. The molecule has 0 saturated carbocycles. The molecule has 0 saturated heterocycles. The standard InChI is InChI=1S/C10H10N2O/c11-8-4-7(5-9(12)6-8)10-2-1-3-13-10/h1-6H,11-12H2. The van der Waals surface area contributed by atoms with Crippen LogP contribution < -0.4 is 11.5 Å². The summed E-state index contributed by atoms with van der Waals surface area (Å²) in [5, 5.41) is 0. The molecule has 0 bridgehead atoms. The molecule has 0 fully saturated rings. The van der Waals surface area contributed by atoms with Crippen LogP contribution in [0.1, 0.15) is 0 Å². The molecule has 4 N–H and O–H groups in total. The Kier molecular flexibility index (Phi) is 1.70. The number of anilines is 2. The minimum Gasteiger partial charge on any atom is -0.464 e. The van der Waals surface area contributed by atoms with Crippen molar-refractivity contribution >= 4 is 11.4 Å². The Morgan fingerprint density at radius 1 is 1.00 bits per heavy atom. The third-order valence-corrected chi connectivity index (χ3v) is 1.78. The van der Waals surface area contributed by atoms with E-state index in [-0.39, 0.29) is 0 Å². The van der Waals surface area contributed by atoms with Crippen molar-refractivity contribution in [1.82, 2.24) is 0 Å². The summed E-state index contributed by atoms with van der Waals surface area (Å²) in [5.41, 5.74) is 13.5. The lowest BCUT2D eigenvalue weighted by Crippen LogP contribution is -1.90. The monoisotopic (exact) mass is 174 g/mol. The summed E-state index contributed by atoms with van der Waals surface area (Å²) < 4.78 is 5.22. The fourth-order valence-electron chi connectivity index (χ4n) is 1.26. The lowest BCUT2D eigenvalue weighted by molar-refractivity contribution is 0.582. The summed E-state index contributed by atoms with van der Waals surface area (Å²) in [6.07, 6.45) is 1.62. The van der Waals surface area contributed by atoms with Crippen molar-refractivity contribution in [3.63, 3.8) is 0 Å². The number of rotatable bonds is 1. The number of benzene rings is 1. The first-order chi connectivity index (χ1) is 6.25. The van der Waals surface area contributed by atoms with Crippen LogP contribution in [0, 0.1) is 0 Å². The van der Waals surface area contributed by atoms with Crippen molar-refractivity contribution in [2.24, 2.45) is 0 Å². The van der Waals surface area contributed by atoms with Gasteiger partial charge in [-0.2, -0.15) is 0 Å². The number of hydrogen-bond acceptors (Lipinski definition) is 3. The van der Waals surface area contributed by atoms with Gasteiger partial charge in [0, 0.05) is 16.9 Å². The van der Waals surface area contributed by atoms with Gasteiger partial charge in [-0.3, -0.25) is 0 Å². The summed E-state index contributed by atoms with van der Waals surface area (Å²) in [6.45, 7) is 0. The van der Waals surface area contributed by atoms with Gasteiger partial charge < -0.3 is 15.9 Å². The molecule has 13 heavy (non-hydrogen) atoms. The molecule has 0 unspecified atom stereocenters. The molecular formula is C10H10N2O. The van der Waals surface area contributed by atoms with E-state index in [1.54, 1.807) is 12.3 Å². The van der Waals surface area contributed by atoms with Gasteiger partial charge in [-0.05, 0) is 30.3 Å². The van der Waals surface area contributed by atoms with Crippen LogP contribution in [0.25, 0.3) is 11.3 Å². The maximum atomic E-state index is 5.64. The first-order valence-electron chi connectivity index (χ1n) is 3.95. The Balaban J connectivity index is 2.53. The second kappa shape index (κ2) is 2.86. The van der Waals surface area contributed by atoms with Gasteiger partial charge in [0.15, 0.2) is 0 Å². The molecule has 0 atom stereocenters. The Labute approximate surface area is 76.0 Å². The van der Waals surface area contributed by atoms with Crippen molar-refractivity contribution in [2.75, 3.05) is 11.5 Å². The fraction of sp³-hybridized carbons (Fsp3) is 0. The molecule has 3 heteroatoms. The minimum absolute atomic E-state index is 0.645. The Bertz CT molecular complexity index is 387. The molecule has 0 amide bonds. The Morgan fingerprint density at radius 3 is 2.23 bits per heavy atom. The third-order valence-electron chi connectivity index (χ3n) is 1.78. The maximum Gasteiger partial charge on any atom is 0.133 e. The molecule has 1 aromatic carbocycles. The second-order valence-corrected chi connectivity index (χ2v) is 2.87. The Morgan fingerprint density at radius 2 is 1.69 bits per heavy atom. The largest absolute Gasteiger partial charge is 0.464 e. The predicted octanol–water partition coefficient (Wildman–Crippen LogP) is 2.11. The van der Waals surface area contributed by atoms with Crippen LogP contribution in [0.2, 0.25) is 0 Å². The van der Waals surface area contributed by atoms with E-state index >= 15 is 0 Å². The normalized spacial score (nSPS) is 10.2. The fourth-order valence-corrected chi connectivity index (χ4v) is 1.26. The highest BCUT2D eigenvalue weighted by molar-refractivity contribution is 5.68. The van der Waals surface area contributed by atoms with Gasteiger partial charge in [0.25, 0.3) is 0 Å². The molecule has 0 aliphatic carbocycles. The van der Waals surface area contributed by atoms with Gasteiger partial charge in [0.2, 0.25) is 0 Å². The first-order valence-corrected chi connectivity index (χ1v) is 3.95. The van der Waals surface area contributed by atoms with Gasteiger partial charge in [0.1, 0.15) is 5.76 Å². The second-order valence-electron chi connectivity index (χ2n) is 2.87.